The summed E-state index contributed by atoms with van der Waals surface area (Å²) in [6, 6.07) is 14.7. The zero-order chi connectivity index (χ0) is 22.5. The number of carbonyl (C=O) groups excluding carboxylic acids is 2. The third-order valence-electron chi connectivity index (χ3n) is 4.78. The molecule has 31 heavy (non-hydrogen) atoms. The lowest BCUT2D eigenvalue weighted by molar-refractivity contribution is -0.384. The molecule has 9 heteroatoms. The third kappa shape index (κ3) is 4.95. The van der Waals surface area contributed by atoms with Gasteiger partial charge in [0.1, 0.15) is 0 Å². The lowest BCUT2D eigenvalue weighted by Crippen LogP contribution is -2.30. The van der Waals surface area contributed by atoms with Crippen LogP contribution in [0.5, 0.6) is 0 Å². The maximum Gasteiger partial charge on any atom is 0.274 e. The van der Waals surface area contributed by atoms with Gasteiger partial charge in [-0.3, -0.25) is 19.7 Å². The van der Waals surface area contributed by atoms with Crippen LogP contribution in [0.1, 0.15) is 33.3 Å². The summed E-state index contributed by atoms with van der Waals surface area (Å²) in [4.78, 5) is 38.4. The van der Waals surface area contributed by atoms with E-state index in [1.807, 2.05) is 19.1 Å². The molecule has 0 N–H and O–H groups in total. The topological polar surface area (TPSA) is 102 Å². The number of amides is 2. The lowest BCUT2D eigenvalue weighted by atomic mass is 10.1. The number of benzene rings is 2. The van der Waals surface area contributed by atoms with Crippen molar-refractivity contribution in [2.24, 2.45) is 0 Å². The minimum atomic E-state index is -0.468. The second-order valence-electron chi connectivity index (χ2n) is 7.13. The van der Waals surface area contributed by atoms with Crippen LogP contribution in [0.2, 0.25) is 0 Å². The van der Waals surface area contributed by atoms with Gasteiger partial charge in [0.2, 0.25) is 0 Å². The van der Waals surface area contributed by atoms with E-state index >= 15 is 0 Å². The number of aromatic nitrogens is 2. The number of carbonyl (C=O) groups is 2. The summed E-state index contributed by atoms with van der Waals surface area (Å²) in [5.74, 6) is -0.302. The molecule has 3 rings (SSSR count). The molecular weight excluding hydrogens is 398 g/mol. The summed E-state index contributed by atoms with van der Waals surface area (Å²) >= 11 is 0. The van der Waals surface area contributed by atoms with E-state index < -0.39 is 4.92 Å². The number of non-ortho nitro benzene ring substituents is 1. The summed E-state index contributed by atoms with van der Waals surface area (Å²) in [5, 5.41) is 15.1. The summed E-state index contributed by atoms with van der Waals surface area (Å²) in [6.45, 7) is 2.76. The Balaban J connectivity index is 1.72. The Labute approximate surface area is 179 Å². The fraction of sp³-hybridized carbons (Fsp3) is 0.227. The first-order valence-electron chi connectivity index (χ1n) is 9.70. The average molecular weight is 421 g/mol. The van der Waals surface area contributed by atoms with Crippen LogP contribution in [0.15, 0.2) is 60.8 Å². The number of rotatable bonds is 7. The Morgan fingerprint density at radius 1 is 1.00 bits per heavy atom. The zero-order valence-corrected chi connectivity index (χ0v) is 17.6. The normalized spacial score (nSPS) is 10.5. The predicted octanol–water partition coefficient (Wildman–Crippen LogP) is 3.14. The summed E-state index contributed by atoms with van der Waals surface area (Å²) in [5.41, 5.74) is 2.38. The molecule has 2 aromatic carbocycles. The molecule has 160 valence electrons. The Hall–Kier alpha value is -4.01. The van der Waals surface area contributed by atoms with Crippen LogP contribution in [0, 0.1) is 10.1 Å². The van der Waals surface area contributed by atoms with Gasteiger partial charge in [-0.2, -0.15) is 5.10 Å². The molecule has 9 nitrogen and oxygen atoms in total. The number of nitrogens with zero attached hydrogens (tertiary/aromatic N) is 5. The monoisotopic (exact) mass is 421 g/mol. The van der Waals surface area contributed by atoms with Crippen molar-refractivity contribution in [2.45, 2.75) is 13.5 Å². The highest BCUT2D eigenvalue weighted by Gasteiger charge is 2.18. The molecule has 0 bridgehead atoms. The maximum absolute atomic E-state index is 12.9. The zero-order valence-electron chi connectivity index (χ0n) is 17.6. The van der Waals surface area contributed by atoms with Gasteiger partial charge in [-0.05, 0) is 42.8 Å². The van der Waals surface area contributed by atoms with E-state index in [-0.39, 0.29) is 23.2 Å². The van der Waals surface area contributed by atoms with Gasteiger partial charge in [0.05, 0.1) is 10.6 Å². The molecule has 0 spiro atoms. The minimum Gasteiger partial charge on any atom is -0.345 e. The number of hydrogen-bond acceptors (Lipinski definition) is 5. The van der Waals surface area contributed by atoms with Gasteiger partial charge in [0, 0.05) is 51.1 Å². The molecule has 0 saturated carbocycles. The van der Waals surface area contributed by atoms with Gasteiger partial charge < -0.3 is 9.80 Å². The molecule has 1 heterocycles. The van der Waals surface area contributed by atoms with Crippen molar-refractivity contribution in [3.8, 4) is 5.69 Å². The largest absolute Gasteiger partial charge is 0.345 e. The van der Waals surface area contributed by atoms with E-state index in [2.05, 4.69) is 5.10 Å². The van der Waals surface area contributed by atoms with Crippen molar-refractivity contribution in [2.75, 3.05) is 20.6 Å². The fourth-order valence-electron chi connectivity index (χ4n) is 3.03. The van der Waals surface area contributed by atoms with Crippen LogP contribution in [0.25, 0.3) is 5.69 Å². The molecule has 0 atom stereocenters. The van der Waals surface area contributed by atoms with Crippen LogP contribution >= 0.6 is 0 Å². The molecule has 0 radical (unpaired) electrons. The van der Waals surface area contributed by atoms with E-state index in [4.69, 9.17) is 0 Å². The second-order valence-corrected chi connectivity index (χ2v) is 7.13. The molecule has 0 aliphatic rings. The Morgan fingerprint density at radius 2 is 1.65 bits per heavy atom. The standard InChI is InChI=1S/C22H23N5O4/c1-4-25(15-16-5-7-17(8-6-16)21(28)24(2)3)22(29)20-13-14-26(23-20)18-9-11-19(12-10-18)27(30)31/h5-14H,4,15H2,1-3H3. The van der Waals surface area contributed by atoms with Crippen molar-refractivity contribution >= 4 is 17.5 Å². The van der Waals surface area contributed by atoms with Crippen LogP contribution in [-0.4, -0.2) is 57.0 Å². The summed E-state index contributed by atoms with van der Waals surface area (Å²) in [7, 11) is 3.40. The highest BCUT2D eigenvalue weighted by molar-refractivity contribution is 5.94. The molecule has 2 amide bonds. The van der Waals surface area contributed by atoms with Crippen molar-refractivity contribution in [3.05, 3.63) is 87.7 Å². The SMILES string of the molecule is CCN(Cc1ccc(C(=O)N(C)C)cc1)C(=O)c1ccn(-c2ccc([N+](=O)[O-])cc2)n1. The van der Waals surface area contributed by atoms with Crippen LogP contribution in [0.3, 0.4) is 0 Å². The molecule has 0 saturated heterocycles. The molecule has 0 aliphatic carbocycles. The number of nitro groups is 1. The molecule has 3 aromatic rings. The summed E-state index contributed by atoms with van der Waals surface area (Å²) in [6.07, 6.45) is 1.64. The number of hydrogen-bond donors (Lipinski definition) is 0. The molecule has 0 aliphatic heterocycles. The first-order chi connectivity index (χ1) is 14.8. The molecule has 1 aromatic heterocycles. The molecule has 0 unspecified atom stereocenters. The van der Waals surface area contributed by atoms with Crippen molar-refractivity contribution in [1.29, 1.82) is 0 Å². The van der Waals surface area contributed by atoms with Crippen molar-refractivity contribution in [3.63, 3.8) is 0 Å². The van der Waals surface area contributed by atoms with E-state index in [1.54, 1.807) is 55.5 Å². The molecular formula is C22H23N5O4. The van der Waals surface area contributed by atoms with Crippen LogP contribution in [0.4, 0.5) is 5.69 Å². The van der Waals surface area contributed by atoms with Crippen molar-refractivity contribution < 1.29 is 14.5 Å². The molecule has 0 fully saturated rings. The van der Waals surface area contributed by atoms with E-state index in [9.17, 15) is 19.7 Å². The number of nitro benzene ring substituents is 1. The first-order valence-corrected chi connectivity index (χ1v) is 9.70. The van der Waals surface area contributed by atoms with Crippen molar-refractivity contribution in [1.82, 2.24) is 19.6 Å². The quantitative estimate of drug-likeness (QED) is 0.431. The van der Waals surface area contributed by atoms with E-state index in [1.165, 1.54) is 21.7 Å². The third-order valence-corrected chi connectivity index (χ3v) is 4.78. The Morgan fingerprint density at radius 3 is 2.19 bits per heavy atom. The van der Waals surface area contributed by atoms with E-state index in [0.717, 1.165) is 5.56 Å². The fourth-order valence-corrected chi connectivity index (χ4v) is 3.03. The van der Waals surface area contributed by atoms with Gasteiger partial charge >= 0.3 is 0 Å². The minimum absolute atomic E-state index is 0.0114. The smallest absolute Gasteiger partial charge is 0.274 e. The average Bonchev–Trinajstić information content (AvgIpc) is 3.27. The van der Waals surface area contributed by atoms with Crippen LogP contribution in [-0.2, 0) is 6.54 Å². The first kappa shape index (κ1) is 21.7. The van der Waals surface area contributed by atoms with E-state index in [0.29, 0.717) is 24.3 Å². The lowest BCUT2D eigenvalue weighted by Gasteiger charge is -2.20. The van der Waals surface area contributed by atoms with Gasteiger partial charge in [-0.15, -0.1) is 0 Å². The second kappa shape index (κ2) is 9.21. The van der Waals surface area contributed by atoms with Gasteiger partial charge in [-0.25, -0.2) is 4.68 Å². The highest BCUT2D eigenvalue weighted by atomic mass is 16.6. The van der Waals surface area contributed by atoms with Gasteiger partial charge in [0.25, 0.3) is 17.5 Å². The Kier molecular flexibility index (Phi) is 6.44. The van der Waals surface area contributed by atoms with Gasteiger partial charge in [-0.1, -0.05) is 12.1 Å². The van der Waals surface area contributed by atoms with Crippen LogP contribution < -0.4 is 0 Å². The predicted molar refractivity (Wildman–Crippen MR) is 115 cm³/mol. The Bertz CT molecular complexity index is 1090. The maximum atomic E-state index is 12.9. The highest BCUT2D eigenvalue weighted by Crippen LogP contribution is 2.16. The summed E-state index contributed by atoms with van der Waals surface area (Å²) < 4.78 is 1.51. The van der Waals surface area contributed by atoms with Gasteiger partial charge in [0.15, 0.2) is 5.69 Å².